The molecule has 0 radical (unpaired) electrons. The highest BCUT2D eigenvalue weighted by Crippen LogP contribution is 2.36. The maximum atomic E-state index is 12.2. The van der Waals surface area contributed by atoms with Crippen LogP contribution in [0.4, 0.5) is 0 Å². The van der Waals surface area contributed by atoms with Gasteiger partial charge in [0.2, 0.25) is 5.89 Å². The third kappa shape index (κ3) is 7.53. The van der Waals surface area contributed by atoms with Crippen molar-refractivity contribution in [3.8, 4) is 39.8 Å². The topological polar surface area (TPSA) is 87.9 Å². The van der Waals surface area contributed by atoms with Gasteiger partial charge in [-0.25, -0.2) is 4.98 Å². The van der Waals surface area contributed by atoms with Crippen molar-refractivity contribution in [2.75, 3.05) is 19.8 Å². The Balaban J connectivity index is 1.21. The zero-order valence-electron chi connectivity index (χ0n) is 25.2. The second-order valence-corrected chi connectivity index (χ2v) is 10.4. The van der Waals surface area contributed by atoms with E-state index in [0.29, 0.717) is 25.3 Å². The normalized spacial score (nSPS) is 11.1. The molecule has 0 unspecified atom stereocenters. The molecule has 1 aromatic heterocycles. The molecule has 1 heterocycles. The summed E-state index contributed by atoms with van der Waals surface area (Å²) in [5, 5.41) is 2.11. The van der Waals surface area contributed by atoms with E-state index in [4.69, 9.17) is 23.6 Å². The van der Waals surface area contributed by atoms with Crippen LogP contribution in [0.25, 0.3) is 44.8 Å². The summed E-state index contributed by atoms with van der Waals surface area (Å²) >= 11 is 0. The van der Waals surface area contributed by atoms with Gasteiger partial charge < -0.3 is 18.6 Å². The Kier molecular flexibility index (Phi) is 10.4. The summed E-state index contributed by atoms with van der Waals surface area (Å²) in [4.78, 5) is 29.2. The van der Waals surface area contributed by atoms with Crippen LogP contribution in [0.5, 0.6) is 5.75 Å². The van der Waals surface area contributed by atoms with E-state index in [1.54, 1.807) is 13.8 Å². The molecule has 0 saturated heterocycles. The first-order valence-electron chi connectivity index (χ1n) is 15.2. The van der Waals surface area contributed by atoms with Crippen molar-refractivity contribution < 1.29 is 28.2 Å². The van der Waals surface area contributed by atoms with E-state index in [0.717, 1.165) is 57.5 Å². The Morgan fingerprint density at radius 2 is 1.34 bits per heavy atom. The fourth-order valence-electron chi connectivity index (χ4n) is 5.10. The van der Waals surface area contributed by atoms with Crippen LogP contribution in [-0.2, 0) is 19.1 Å². The van der Waals surface area contributed by atoms with E-state index in [-0.39, 0.29) is 13.2 Å². The van der Waals surface area contributed by atoms with Crippen molar-refractivity contribution in [2.45, 2.75) is 39.5 Å². The summed E-state index contributed by atoms with van der Waals surface area (Å²) in [6.45, 7) is 4.46. The van der Waals surface area contributed by atoms with Crippen LogP contribution < -0.4 is 4.74 Å². The average Bonchev–Trinajstić information content (AvgIpc) is 3.51. The van der Waals surface area contributed by atoms with Gasteiger partial charge in [-0.15, -0.1) is 0 Å². The number of benzene rings is 4. The minimum atomic E-state index is -0.868. The van der Waals surface area contributed by atoms with Gasteiger partial charge in [-0.3, -0.25) is 9.59 Å². The van der Waals surface area contributed by atoms with Crippen LogP contribution in [0.1, 0.15) is 39.5 Å². The lowest BCUT2D eigenvalue weighted by molar-refractivity contribution is -0.161. The van der Waals surface area contributed by atoms with Gasteiger partial charge in [0.15, 0.2) is 11.7 Å². The molecule has 4 aromatic carbocycles. The molecule has 0 fully saturated rings. The van der Waals surface area contributed by atoms with Crippen LogP contribution in [0, 0.1) is 5.92 Å². The highest BCUT2D eigenvalue weighted by molar-refractivity contribution is 5.94. The van der Waals surface area contributed by atoms with E-state index in [1.165, 1.54) is 0 Å². The molecule has 0 aliphatic heterocycles. The van der Waals surface area contributed by atoms with E-state index in [9.17, 15) is 9.59 Å². The van der Waals surface area contributed by atoms with Crippen molar-refractivity contribution in [2.24, 2.45) is 5.92 Å². The first-order valence-corrected chi connectivity index (χ1v) is 15.2. The highest BCUT2D eigenvalue weighted by atomic mass is 16.6. The number of aromatic nitrogens is 1. The van der Waals surface area contributed by atoms with Crippen molar-refractivity contribution in [1.29, 1.82) is 0 Å². The molecular weight excluding hydrogens is 554 g/mol. The maximum Gasteiger partial charge on any atom is 0.320 e. The van der Waals surface area contributed by atoms with Crippen LogP contribution in [0.3, 0.4) is 0 Å². The molecule has 0 amide bonds. The molecule has 0 bridgehead atoms. The standard InChI is InChI=1S/C37H37NO6/c1-3-41-36(39)32(37(40)42-4-2)18-12-7-13-23-43-31-22-21-28-24-30(20-19-29(28)25-31)35-38-33(26-14-8-5-9-15-26)34(44-35)27-16-10-6-11-17-27/h5-6,8-11,14-17,19-22,24-25,32H,3-4,7,12-13,18,23H2,1-2H3. The summed E-state index contributed by atoms with van der Waals surface area (Å²) in [5.41, 5.74) is 3.69. The molecule has 44 heavy (non-hydrogen) atoms. The van der Waals surface area contributed by atoms with Crippen molar-refractivity contribution >= 4 is 22.7 Å². The fraction of sp³-hybridized carbons (Fsp3) is 0.270. The summed E-state index contributed by atoms with van der Waals surface area (Å²) in [6.07, 6.45) is 2.72. The molecule has 0 N–H and O–H groups in total. The number of ether oxygens (including phenoxy) is 3. The number of nitrogens with zero attached hydrogens (tertiary/aromatic N) is 1. The second-order valence-electron chi connectivity index (χ2n) is 10.4. The number of hydrogen-bond acceptors (Lipinski definition) is 7. The molecule has 226 valence electrons. The Bertz CT molecular complexity index is 1600. The average molecular weight is 592 g/mol. The number of oxazole rings is 1. The first kappa shape index (κ1) is 30.5. The zero-order valence-corrected chi connectivity index (χ0v) is 25.2. The maximum absolute atomic E-state index is 12.2. The van der Waals surface area contributed by atoms with Crippen LogP contribution in [0.2, 0.25) is 0 Å². The molecule has 7 nitrogen and oxygen atoms in total. The monoisotopic (exact) mass is 591 g/mol. The van der Waals surface area contributed by atoms with Gasteiger partial charge >= 0.3 is 11.9 Å². The van der Waals surface area contributed by atoms with Crippen LogP contribution in [-0.4, -0.2) is 36.7 Å². The minimum Gasteiger partial charge on any atom is -0.494 e. The number of hydrogen-bond donors (Lipinski definition) is 0. The van der Waals surface area contributed by atoms with E-state index in [2.05, 4.69) is 12.1 Å². The van der Waals surface area contributed by atoms with E-state index >= 15 is 0 Å². The van der Waals surface area contributed by atoms with E-state index < -0.39 is 17.9 Å². The van der Waals surface area contributed by atoms with Crippen molar-refractivity contribution in [1.82, 2.24) is 4.98 Å². The zero-order chi connectivity index (χ0) is 30.7. The molecule has 0 saturated carbocycles. The number of esters is 2. The Morgan fingerprint density at radius 3 is 2.02 bits per heavy atom. The smallest absolute Gasteiger partial charge is 0.320 e. The quantitative estimate of drug-likeness (QED) is 0.0727. The molecule has 0 aliphatic rings. The van der Waals surface area contributed by atoms with Crippen molar-refractivity contribution in [3.05, 3.63) is 97.1 Å². The lowest BCUT2D eigenvalue weighted by Gasteiger charge is -2.14. The summed E-state index contributed by atoms with van der Waals surface area (Å²) in [7, 11) is 0. The van der Waals surface area contributed by atoms with E-state index in [1.807, 2.05) is 84.9 Å². The molecule has 7 heteroatoms. The van der Waals surface area contributed by atoms with Crippen molar-refractivity contribution in [3.63, 3.8) is 0 Å². The summed E-state index contributed by atoms with van der Waals surface area (Å²) < 4.78 is 22.5. The third-order valence-corrected chi connectivity index (χ3v) is 7.32. The highest BCUT2D eigenvalue weighted by Gasteiger charge is 2.28. The number of unbranched alkanes of at least 4 members (excludes halogenated alkanes) is 2. The summed E-state index contributed by atoms with van der Waals surface area (Å²) in [5.74, 6) is 0.198. The summed E-state index contributed by atoms with van der Waals surface area (Å²) in [6, 6.07) is 32.3. The minimum absolute atomic E-state index is 0.236. The van der Waals surface area contributed by atoms with Gasteiger partial charge in [0, 0.05) is 16.7 Å². The third-order valence-electron chi connectivity index (χ3n) is 7.32. The molecule has 0 atom stereocenters. The number of rotatable bonds is 14. The van der Waals surface area contributed by atoms with Gasteiger partial charge in [0.1, 0.15) is 11.4 Å². The molecular formula is C37H37NO6. The van der Waals surface area contributed by atoms with Gasteiger partial charge in [-0.1, -0.05) is 85.6 Å². The number of carbonyl (C=O) groups is 2. The Hall–Kier alpha value is -4.91. The lowest BCUT2D eigenvalue weighted by atomic mass is 10.0. The van der Waals surface area contributed by atoms with Gasteiger partial charge in [0.05, 0.1) is 19.8 Å². The Morgan fingerprint density at radius 1 is 0.705 bits per heavy atom. The Labute approximate surface area is 257 Å². The van der Waals surface area contributed by atoms with Gasteiger partial charge in [0.25, 0.3) is 0 Å². The fourth-order valence-corrected chi connectivity index (χ4v) is 5.10. The molecule has 5 rings (SSSR count). The number of carbonyl (C=O) groups excluding carboxylic acids is 2. The van der Waals surface area contributed by atoms with Crippen LogP contribution >= 0.6 is 0 Å². The predicted octanol–water partition coefficient (Wildman–Crippen LogP) is 8.51. The second kappa shape index (κ2) is 15.0. The number of fused-ring (bicyclic) bond motifs is 1. The SMILES string of the molecule is CCOC(=O)C(CCCCCOc1ccc2cc(-c3nc(-c4ccccc4)c(-c4ccccc4)o3)ccc2c1)C(=O)OCC. The molecule has 0 spiro atoms. The van der Waals surface area contributed by atoms with Gasteiger partial charge in [-0.05, 0) is 61.7 Å². The first-order chi connectivity index (χ1) is 21.6. The lowest BCUT2D eigenvalue weighted by Crippen LogP contribution is -2.28. The molecule has 5 aromatic rings. The largest absolute Gasteiger partial charge is 0.494 e. The predicted molar refractivity (Wildman–Crippen MR) is 171 cm³/mol. The van der Waals surface area contributed by atoms with Crippen LogP contribution in [0.15, 0.2) is 101 Å². The molecule has 0 aliphatic carbocycles. The van der Waals surface area contributed by atoms with Gasteiger partial charge in [-0.2, -0.15) is 0 Å².